The topological polar surface area (TPSA) is 127 Å². The minimum atomic E-state index is -1.13. The van der Waals surface area contributed by atoms with Gasteiger partial charge in [-0.15, -0.1) is 0 Å². The summed E-state index contributed by atoms with van der Waals surface area (Å²) in [6.45, 7) is -0.210. The molecule has 0 bridgehead atoms. The van der Waals surface area contributed by atoms with Gasteiger partial charge in [-0.3, -0.25) is 4.79 Å². The molecule has 44 heavy (non-hydrogen) atoms. The Kier molecular flexibility index (Phi) is 9.84. The Morgan fingerprint density at radius 1 is 1.02 bits per heavy atom. The van der Waals surface area contributed by atoms with Gasteiger partial charge < -0.3 is 30.7 Å². The van der Waals surface area contributed by atoms with E-state index in [1.165, 1.54) is 18.2 Å². The van der Waals surface area contributed by atoms with Crippen LogP contribution in [0.1, 0.15) is 29.2 Å². The fourth-order valence-electron chi connectivity index (χ4n) is 5.43. The Bertz CT molecular complexity index is 1570. The summed E-state index contributed by atoms with van der Waals surface area (Å²) in [5, 5.41) is 24.6. The molecule has 8 nitrogen and oxygen atoms in total. The molecule has 0 fully saturated rings. The zero-order chi connectivity index (χ0) is 31.2. The summed E-state index contributed by atoms with van der Waals surface area (Å²) < 4.78 is 39.5. The van der Waals surface area contributed by atoms with Crippen LogP contribution in [0.3, 0.4) is 0 Å². The lowest BCUT2D eigenvalue weighted by Gasteiger charge is -2.33. The van der Waals surface area contributed by atoms with Crippen LogP contribution in [-0.2, 0) is 17.6 Å². The Balaban J connectivity index is 1.29. The van der Waals surface area contributed by atoms with Crippen LogP contribution in [0.2, 0.25) is 0 Å². The van der Waals surface area contributed by atoms with Crippen LogP contribution in [0.15, 0.2) is 85.1 Å². The summed E-state index contributed by atoms with van der Waals surface area (Å²) in [6, 6.07) is 20.1. The molecule has 1 aliphatic rings. The third-order valence-corrected chi connectivity index (χ3v) is 7.93. The molecular weight excluding hydrogens is 568 g/mol. The molecule has 10 heteroatoms. The zero-order valence-corrected chi connectivity index (χ0v) is 24.2. The lowest BCUT2D eigenvalue weighted by atomic mass is 9.88. The van der Waals surface area contributed by atoms with Crippen LogP contribution in [0, 0.1) is 17.6 Å². The summed E-state index contributed by atoms with van der Waals surface area (Å²) in [6.07, 6.45) is -0.257. The molecule has 4 aromatic rings. The largest absolute Gasteiger partial charge is 0.487 e. The Labute approximate surface area is 254 Å². The predicted octanol–water partition coefficient (Wildman–Crippen LogP) is 4.13. The SMILES string of the molecule is COc1ccc(-c2ccc(C[C@H](N)[C@@H](O)C[C@@H](Cc3ccccc3F)C(=O)N[C@H]3c4cccc(F)c4OC[C@H]3O)cc2)cn1. The maximum Gasteiger partial charge on any atom is 0.224 e. The average molecular weight is 604 g/mol. The number of ether oxygens (including phenoxy) is 2. The number of hydrogen-bond donors (Lipinski definition) is 4. The van der Waals surface area contributed by atoms with Gasteiger partial charge in [-0.25, -0.2) is 13.8 Å². The van der Waals surface area contributed by atoms with Gasteiger partial charge in [-0.1, -0.05) is 54.6 Å². The smallest absolute Gasteiger partial charge is 0.224 e. The van der Waals surface area contributed by atoms with Gasteiger partial charge in [0.05, 0.1) is 19.3 Å². The van der Waals surface area contributed by atoms with Crippen molar-refractivity contribution in [2.75, 3.05) is 13.7 Å². The van der Waals surface area contributed by atoms with Crippen LogP contribution in [-0.4, -0.2) is 53.1 Å². The normalized spacial score (nSPS) is 18.0. The van der Waals surface area contributed by atoms with Gasteiger partial charge in [-0.2, -0.15) is 0 Å². The number of fused-ring (bicyclic) bond motifs is 1. The molecule has 0 unspecified atom stereocenters. The number of hydrogen-bond acceptors (Lipinski definition) is 7. The quantitative estimate of drug-likeness (QED) is 0.203. The summed E-state index contributed by atoms with van der Waals surface area (Å²) in [4.78, 5) is 17.9. The number of carbonyl (C=O) groups is 1. The highest BCUT2D eigenvalue weighted by Gasteiger charge is 2.35. The van der Waals surface area contributed by atoms with Crippen LogP contribution in [0.4, 0.5) is 8.78 Å². The predicted molar refractivity (Wildman–Crippen MR) is 161 cm³/mol. The molecular formula is C34H35F2N3O5. The van der Waals surface area contributed by atoms with Crippen molar-refractivity contribution in [1.82, 2.24) is 10.3 Å². The molecule has 3 aromatic carbocycles. The first-order valence-corrected chi connectivity index (χ1v) is 14.4. The number of carbonyl (C=O) groups excluding carboxylic acids is 1. The molecule has 1 aliphatic heterocycles. The second-order valence-electron chi connectivity index (χ2n) is 11.0. The number of methoxy groups -OCH3 is 1. The van der Waals surface area contributed by atoms with Crippen molar-refractivity contribution >= 4 is 5.91 Å². The Morgan fingerprint density at radius 3 is 2.45 bits per heavy atom. The molecule has 0 saturated heterocycles. The summed E-state index contributed by atoms with van der Waals surface area (Å²) in [5.41, 5.74) is 9.78. The lowest BCUT2D eigenvalue weighted by molar-refractivity contribution is -0.128. The Hall–Kier alpha value is -4.38. The van der Waals surface area contributed by atoms with E-state index in [1.54, 1.807) is 43.6 Å². The van der Waals surface area contributed by atoms with Crippen molar-refractivity contribution in [3.8, 4) is 22.8 Å². The standard InChI is InChI=1S/C34H35F2N3O5/c1-43-31-14-13-23(18-38-31)21-11-9-20(10-12-21)15-28(37)29(40)17-24(16-22-5-2-3-7-26(22)35)34(42)39-32-25-6-4-8-27(36)33(25)44-19-30(32)41/h2-14,18,24,28-30,32,40-41H,15-17,19,37H2,1H3,(H,39,42)/t24-,28+,29+,30-,32+/m1/s1. The fourth-order valence-corrected chi connectivity index (χ4v) is 5.43. The number of aromatic nitrogens is 1. The minimum Gasteiger partial charge on any atom is -0.487 e. The molecule has 0 radical (unpaired) electrons. The average Bonchev–Trinajstić information content (AvgIpc) is 3.03. The van der Waals surface area contributed by atoms with Gasteiger partial charge in [0.2, 0.25) is 11.8 Å². The molecule has 1 amide bonds. The van der Waals surface area contributed by atoms with E-state index in [4.69, 9.17) is 15.2 Å². The number of nitrogens with two attached hydrogens (primary N) is 1. The molecule has 0 saturated carbocycles. The minimum absolute atomic E-state index is 0.0117. The molecule has 230 valence electrons. The number of aliphatic hydroxyl groups excluding tert-OH is 2. The molecule has 5 atom stereocenters. The third-order valence-electron chi connectivity index (χ3n) is 7.93. The second kappa shape index (κ2) is 13.9. The van der Waals surface area contributed by atoms with Crippen molar-refractivity contribution in [2.24, 2.45) is 11.7 Å². The first-order valence-electron chi connectivity index (χ1n) is 14.4. The van der Waals surface area contributed by atoms with Gasteiger partial charge in [-0.05, 0) is 54.2 Å². The first-order chi connectivity index (χ1) is 21.2. The van der Waals surface area contributed by atoms with Crippen molar-refractivity contribution in [3.05, 3.63) is 113 Å². The van der Waals surface area contributed by atoms with Crippen LogP contribution in [0.25, 0.3) is 11.1 Å². The van der Waals surface area contributed by atoms with Crippen molar-refractivity contribution < 1.29 is 33.3 Å². The highest BCUT2D eigenvalue weighted by molar-refractivity contribution is 5.80. The van der Waals surface area contributed by atoms with Crippen LogP contribution in [0.5, 0.6) is 11.6 Å². The third kappa shape index (κ3) is 7.21. The number of pyridine rings is 1. The van der Waals surface area contributed by atoms with Gasteiger partial charge in [0.1, 0.15) is 18.5 Å². The van der Waals surface area contributed by atoms with Gasteiger partial charge >= 0.3 is 0 Å². The van der Waals surface area contributed by atoms with Crippen LogP contribution >= 0.6 is 0 Å². The maximum absolute atomic E-state index is 14.6. The molecule has 5 N–H and O–H groups in total. The number of rotatable bonds is 11. The number of para-hydroxylation sites is 1. The maximum atomic E-state index is 14.6. The molecule has 2 heterocycles. The van der Waals surface area contributed by atoms with Gasteiger partial charge in [0, 0.05) is 35.3 Å². The summed E-state index contributed by atoms with van der Waals surface area (Å²) in [7, 11) is 1.56. The zero-order valence-electron chi connectivity index (χ0n) is 24.2. The van der Waals surface area contributed by atoms with Gasteiger partial charge in [0.25, 0.3) is 0 Å². The van der Waals surface area contributed by atoms with Crippen molar-refractivity contribution in [1.29, 1.82) is 0 Å². The molecule has 0 spiro atoms. The van der Waals surface area contributed by atoms with E-state index in [0.717, 1.165) is 16.7 Å². The number of aliphatic hydroxyl groups is 2. The summed E-state index contributed by atoms with van der Waals surface area (Å²) >= 11 is 0. The number of benzene rings is 3. The van der Waals surface area contributed by atoms with Crippen molar-refractivity contribution in [3.63, 3.8) is 0 Å². The number of amides is 1. The Morgan fingerprint density at radius 2 is 1.75 bits per heavy atom. The van der Waals surface area contributed by atoms with E-state index in [2.05, 4.69) is 10.3 Å². The molecule has 1 aromatic heterocycles. The number of nitrogens with one attached hydrogen (secondary N) is 1. The number of halogens is 2. The highest BCUT2D eigenvalue weighted by Crippen LogP contribution is 2.35. The number of nitrogens with zero attached hydrogens (tertiary/aromatic N) is 1. The molecule has 0 aliphatic carbocycles. The van der Waals surface area contributed by atoms with E-state index in [-0.39, 0.29) is 25.2 Å². The van der Waals surface area contributed by atoms with Crippen molar-refractivity contribution in [2.45, 2.75) is 43.6 Å². The fraction of sp³-hybridized carbons (Fsp3) is 0.294. The first kappa shape index (κ1) is 31.1. The lowest BCUT2D eigenvalue weighted by Crippen LogP contribution is -2.46. The summed E-state index contributed by atoms with van der Waals surface area (Å²) in [5.74, 6) is -2.02. The van der Waals surface area contributed by atoms with E-state index in [0.29, 0.717) is 23.4 Å². The van der Waals surface area contributed by atoms with E-state index < -0.39 is 47.8 Å². The van der Waals surface area contributed by atoms with Gasteiger partial charge in [0.15, 0.2) is 11.6 Å². The second-order valence-corrected chi connectivity index (χ2v) is 11.0. The van der Waals surface area contributed by atoms with Crippen LogP contribution < -0.4 is 20.5 Å². The monoisotopic (exact) mass is 603 g/mol. The molecule has 5 rings (SSSR count). The van der Waals surface area contributed by atoms with E-state index in [9.17, 15) is 23.8 Å². The van der Waals surface area contributed by atoms with E-state index >= 15 is 0 Å². The van der Waals surface area contributed by atoms with E-state index in [1.807, 2.05) is 30.3 Å². The highest BCUT2D eigenvalue weighted by atomic mass is 19.1.